The number of hydrogen-bond donors (Lipinski definition) is 1. The van der Waals surface area contributed by atoms with E-state index in [9.17, 15) is 4.79 Å². The normalized spacial score (nSPS) is 14.7. The second-order valence-electron chi connectivity index (χ2n) is 4.35. The van der Waals surface area contributed by atoms with Gasteiger partial charge in [-0.25, -0.2) is 0 Å². The number of methoxy groups -OCH3 is 1. The van der Waals surface area contributed by atoms with Crippen molar-refractivity contribution in [1.82, 2.24) is 4.90 Å². The summed E-state index contributed by atoms with van der Waals surface area (Å²) in [7, 11) is 3.48. The number of hydrogen-bond acceptors (Lipinski definition) is 3. The van der Waals surface area contributed by atoms with Crippen molar-refractivity contribution in [2.75, 3.05) is 27.3 Å². The lowest BCUT2D eigenvalue weighted by Crippen LogP contribution is -2.32. The van der Waals surface area contributed by atoms with Crippen molar-refractivity contribution in [2.45, 2.75) is 32.7 Å². The lowest BCUT2D eigenvalue weighted by molar-refractivity contribution is -0.131. The van der Waals surface area contributed by atoms with Gasteiger partial charge in [-0.05, 0) is 19.3 Å². The fourth-order valence-electron chi connectivity index (χ4n) is 1.32. The van der Waals surface area contributed by atoms with Crippen molar-refractivity contribution in [3.05, 3.63) is 0 Å². The highest BCUT2D eigenvalue weighted by Gasteiger charge is 2.13. The van der Waals surface area contributed by atoms with Gasteiger partial charge in [0.05, 0.1) is 0 Å². The van der Waals surface area contributed by atoms with E-state index in [4.69, 9.17) is 10.5 Å². The summed E-state index contributed by atoms with van der Waals surface area (Å²) in [5, 5.41) is 0. The average molecular weight is 216 g/mol. The van der Waals surface area contributed by atoms with Gasteiger partial charge in [-0.15, -0.1) is 0 Å². The Bertz CT molecular complexity index is 183. The molecule has 2 atom stereocenters. The molecule has 4 heteroatoms. The van der Waals surface area contributed by atoms with Gasteiger partial charge < -0.3 is 15.4 Å². The minimum absolute atomic E-state index is 0.150. The van der Waals surface area contributed by atoms with Crippen molar-refractivity contribution in [1.29, 1.82) is 0 Å². The zero-order valence-corrected chi connectivity index (χ0v) is 10.3. The third kappa shape index (κ3) is 7.33. The molecule has 0 saturated carbocycles. The summed E-state index contributed by atoms with van der Waals surface area (Å²) in [6.07, 6.45) is 1.39. The predicted molar refractivity (Wildman–Crippen MR) is 61.6 cm³/mol. The SMILES string of the molecule is COCC(C)CC(=O)N(C)CCC(C)N. The number of carbonyl (C=O) groups excluding carboxylic acids is 1. The molecule has 2 unspecified atom stereocenters. The van der Waals surface area contributed by atoms with Crippen molar-refractivity contribution in [2.24, 2.45) is 11.7 Å². The molecule has 0 aliphatic rings. The van der Waals surface area contributed by atoms with E-state index in [1.807, 2.05) is 20.9 Å². The van der Waals surface area contributed by atoms with Gasteiger partial charge in [-0.1, -0.05) is 6.92 Å². The minimum atomic E-state index is 0.150. The summed E-state index contributed by atoms with van der Waals surface area (Å²) < 4.78 is 4.99. The summed E-state index contributed by atoms with van der Waals surface area (Å²) in [6, 6.07) is 0.150. The molecular weight excluding hydrogens is 192 g/mol. The first kappa shape index (κ1) is 14.4. The monoisotopic (exact) mass is 216 g/mol. The maximum atomic E-state index is 11.7. The molecule has 0 radical (unpaired) electrons. The van der Waals surface area contributed by atoms with Gasteiger partial charge in [-0.2, -0.15) is 0 Å². The Labute approximate surface area is 92.8 Å². The third-order valence-electron chi connectivity index (χ3n) is 2.32. The smallest absolute Gasteiger partial charge is 0.222 e. The maximum Gasteiger partial charge on any atom is 0.222 e. The van der Waals surface area contributed by atoms with Crippen LogP contribution in [0.3, 0.4) is 0 Å². The number of carbonyl (C=O) groups is 1. The first-order valence-electron chi connectivity index (χ1n) is 5.45. The largest absolute Gasteiger partial charge is 0.384 e. The first-order chi connectivity index (χ1) is 6.97. The zero-order chi connectivity index (χ0) is 11.8. The van der Waals surface area contributed by atoms with Gasteiger partial charge in [0.25, 0.3) is 0 Å². The molecule has 2 N–H and O–H groups in total. The molecule has 0 aromatic heterocycles. The van der Waals surface area contributed by atoms with Gasteiger partial charge in [0.15, 0.2) is 0 Å². The van der Waals surface area contributed by atoms with Crippen LogP contribution in [-0.2, 0) is 9.53 Å². The molecule has 0 aromatic carbocycles. The van der Waals surface area contributed by atoms with Gasteiger partial charge >= 0.3 is 0 Å². The second kappa shape index (κ2) is 7.65. The fourth-order valence-corrected chi connectivity index (χ4v) is 1.32. The van der Waals surface area contributed by atoms with E-state index in [-0.39, 0.29) is 17.9 Å². The van der Waals surface area contributed by atoms with E-state index in [0.29, 0.717) is 13.0 Å². The Morgan fingerprint density at radius 1 is 1.47 bits per heavy atom. The quantitative estimate of drug-likeness (QED) is 0.686. The molecule has 90 valence electrons. The van der Waals surface area contributed by atoms with Gasteiger partial charge in [-0.3, -0.25) is 4.79 Å². The molecule has 4 nitrogen and oxygen atoms in total. The van der Waals surface area contributed by atoms with Crippen LogP contribution in [0, 0.1) is 5.92 Å². The molecule has 0 aromatic rings. The van der Waals surface area contributed by atoms with Crippen LogP contribution in [0.4, 0.5) is 0 Å². The minimum Gasteiger partial charge on any atom is -0.384 e. The predicted octanol–water partition coefficient (Wildman–Crippen LogP) is 0.855. The molecule has 15 heavy (non-hydrogen) atoms. The van der Waals surface area contributed by atoms with E-state index in [2.05, 4.69) is 0 Å². The summed E-state index contributed by atoms with van der Waals surface area (Å²) in [6.45, 7) is 5.33. The molecule has 0 bridgehead atoms. The highest BCUT2D eigenvalue weighted by atomic mass is 16.5. The Kier molecular flexibility index (Phi) is 7.34. The van der Waals surface area contributed by atoms with Gasteiger partial charge in [0.2, 0.25) is 5.91 Å². The highest BCUT2D eigenvalue weighted by molar-refractivity contribution is 5.76. The van der Waals surface area contributed by atoms with E-state index in [1.54, 1.807) is 12.0 Å². The molecule has 1 amide bonds. The van der Waals surface area contributed by atoms with Crippen LogP contribution in [0.15, 0.2) is 0 Å². The summed E-state index contributed by atoms with van der Waals surface area (Å²) >= 11 is 0. The molecule has 0 aliphatic heterocycles. The van der Waals surface area contributed by atoms with Gasteiger partial charge in [0.1, 0.15) is 0 Å². The van der Waals surface area contributed by atoms with Crippen LogP contribution >= 0.6 is 0 Å². The van der Waals surface area contributed by atoms with Crippen molar-refractivity contribution in [3.8, 4) is 0 Å². The van der Waals surface area contributed by atoms with Crippen molar-refractivity contribution >= 4 is 5.91 Å². The molecule has 0 rings (SSSR count). The van der Waals surface area contributed by atoms with Crippen LogP contribution < -0.4 is 5.73 Å². The molecule has 0 fully saturated rings. The first-order valence-corrected chi connectivity index (χ1v) is 5.45. The standard InChI is InChI=1S/C11H24N2O2/c1-9(8-15-4)7-11(14)13(3)6-5-10(2)12/h9-10H,5-8,12H2,1-4H3. The summed E-state index contributed by atoms with van der Waals surface area (Å²) in [4.78, 5) is 13.4. The van der Waals surface area contributed by atoms with Crippen LogP contribution in [-0.4, -0.2) is 44.2 Å². The number of ether oxygens (including phenoxy) is 1. The molecule has 0 saturated heterocycles. The Balaban J connectivity index is 3.78. The second-order valence-corrected chi connectivity index (χ2v) is 4.35. The number of amides is 1. The van der Waals surface area contributed by atoms with Crippen molar-refractivity contribution in [3.63, 3.8) is 0 Å². The fraction of sp³-hybridized carbons (Fsp3) is 0.909. The van der Waals surface area contributed by atoms with E-state index in [0.717, 1.165) is 13.0 Å². The molecule has 0 heterocycles. The molecule has 0 spiro atoms. The lowest BCUT2D eigenvalue weighted by Gasteiger charge is -2.20. The van der Waals surface area contributed by atoms with Crippen LogP contribution in [0.2, 0.25) is 0 Å². The van der Waals surface area contributed by atoms with E-state index < -0.39 is 0 Å². The number of nitrogens with two attached hydrogens (primary N) is 1. The van der Waals surface area contributed by atoms with Crippen LogP contribution in [0.25, 0.3) is 0 Å². The van der Waals surface area contributed by atoms with E-state index >= 15 is 0 Å². The van der Waals surface area contributed by atoms with E-state index in [1.165, 1.54) is 0 Å². The summed E-state index contributed by atoms with van der Waals surface area (Å²) in [5.41, 5.74) is 5.63. The summed E-state index contributed by atoms with van der Waals surface area (Å²) in [5.74, 6) is 0.445. The Hall–Kier alpha value is -0.610. The molecule has 0 aliphatic carbocycles. The maximum absolute atomic E-state index is 11.7. The topological polar surface area (TPSA) is 55.6 Å². The Morgan fingerprint density at radius 2 is 2.07 bits per heavy atom. The van der Waals surface area contributed by atoms with Crippen LogP contribution in [0.1, 0.15) is 26.7 Å². The average Bonchev–Trinajstić information content (AvgIpc) is 2.14. The van der Waals surface area contributed by atoms with Crippen LogP contribution in [0.5, 0.6) is 0 Å². The molecular formula is C11H24N2O2. The Morgan fingerprint density at radius 3 is 2.53 bits per heavy atom. The lowest BCUT2D eigenvalue weighted by atomic mass is 10.1. The zero-order valence-electron chi connectivity index (χ0n) is 10.3. The third-order valence-corrected chi connectivity index (χ3v) is 2.32. The van der Waals surface area contributed by atoms with Crippen molar-refractivity contribution < 1.29 is 9.53 Å². The number of nitrogens with zero attached hydrogens (tertiary/aromatic N) is 1. The van der Waals surface area contributed by atoms with Gasteiger partial charge in [0, 0.05) is 39.8 Å². The number of rotatable bonds is 7. The highest BCUT2D eigenvalue weighted by Crippen LogP contribution is 2.05.